The fraction of sp³-hybridized carbons (Fsp3) is 0.381. The van der Waals surface area contributed by atoms with Crippen molar-refractivity contribution in [1.82, 2.24) is 0 Å². The Balaban J connectivity index is 2.01. The Morgan fingerprint density at radius 1 is 1.08 bits per heavy atom. The first-order valence-corrected chi connectivity index (χ1v) is 8.91. The maximum absolute atomic E-state index is 10.9. The number of unbranched alkanes of at least 4 members (excludes halogenated alkanes) is 3. The van der Waals surface area contributed by atoms with Crippen LogP contribution >= 0.6 is 0 Å². The van der Waals surface area contributed by atoms with Gasteiger partial charge in [-0.2, -0.15) is 0 Å². The molecular weight excluding hydrogens is 314 g/mol. The Morgan fingerprint density at radius 3 is 2.36 bits per heavy atom. The van der Waals surface area contributed by atoms with E-state index in [-0.39, 0.29) is 11.7 Å². The molecule has 4 nitrogen and oxygen atoms in total. The molecule has 0 radical (unpaired) electrons. The maximum Gasteiger partial charge on any atom is 0.335 e. The van der Waals surface area contributed by atoms with Crippen molar-refractivity contribution in [3.63, 3.8) is 0 Å². The van der Waals surface area contributed by atoms with Crippen LogP contribution in [0, 0.1) is 0 Å². The molecule has 0 fully saturated rings. The fourth-order valence-corrected chi connectivity index (χ4v) is 2.77. The van der Waals surface area contributed by atoms with Crippen molar-refractivity contribution < 1.29 is 14.6 Å². The van der Waals surface area contributed by atoms with E-state index in [1.54, 1.807) is 24.3 Å². The van der Waals surface area contributed by atoms with Crippen LogP contribution in [0.3, 0.4) is 0 Å². The third-order valence-corrected chi connectivity index (χ3v) is 4.27. The number of benzene rings is 2. The third-order valence-electron chi connectivity index (χ3n) is 4.27. The van der Waals surface area contributed by atoms with Crippen molar-refractivity contribution in [3.8, 4) is 16.9 Å². The Labute approximate surface area is 149 Å². The van der Waals surface area contributed by atoms with Crippen LogP contribution < -0.4 is 10.5 Å². The summed E-state index contributed by atoms with van der Waals surface area (Å²) in [6.45, 7) is 4.28. The first-order valence-electron chi connectivity index (χ1n) is 8.91. The standard InChI is InChI=1S/C21H27NO3/c1-3-4-5-6-7-15(2)25-20-13-12-18(14-19(20)22)16-8-10-17(11-9-16)21(23)24/h8-15H,3-7,22H2,1-2H3,(H,23,24)/t15-/m1/s1. The van der Waals surface area contributed by atoms with Gasteiger partial charge in [0.05, 0.1) is 17.4 Å². The van der Waals surface area contributed by atoms with Crippen molar-refractivity contribution in [3.05, 3.63) is 48.0 Å². The van der Waals surface area contributed by atoms with Crippen LogP contribution in [0.25, 0.3) is 11.1 Å². The number of ether oxygens (including phenoxy) is 1. The molecule has 3 N–H and O–H groups in total. The second-order valence-corrected chi connectivity index (χ2v) is 6.41. The van der Waals surface area contributed by atoms with E-state index in [1.165, 1.54) is 25.7 Å². The van der Waals surface area contributed by atoms with Crippen molar-refractivity contribution in [2.24, 2.45) is 0 Å². The summed E-state index contributed by atoms with van der Waals surface area (Å²) in [7, 11) is 0. The number of hydrogen-bond donors (Lipinski definition) is 2. The smallest absolute Gasteiger partial charge is 0.335 e. The van der Waals surface area contributed by atoms with E-state index in [0.717, 1.165) is 17.5 Å². The molecule has 134 valence electrons. The lowest BCUT2D eigenvalue weighted by atomic mass is 10.0. The number of nitrogens with two attached hydrogens (primary N) is 1. The maximum atomic E-state index is 10.9. The summed E-state index contributed by atoms with van der Waals surface area (Å²) in [5, 5.41) is 8.97. The average Bonchev–Trinajstić information content (AvgIpc) is 2.60. The molecular formula is C21H27NO3. The van der Waals surface area contributed by atoms with E-state index >= 15 is 0 Å². The van der Waals surface area contributed by atoms with Crippen LogP contribution in [0.2, 0.25) is 0 Å². The van der Waals surface area contributed by atoms with E-state index < -0.39 is 5.97 Å². The average molecular weight is 341 g/mol. The Morgan fingerprint density at radius 2 is 1.76 bits per heavy atom. The normalized spacial score (nSPS) is 11.9. The molecule has 0 amide bonds. The van der Waals surface area contributed by atoms with E-state index in [1.807, 2.05) is 18.2 Å². The van der Waals surface area contributed by atoms with Crippen molar-refractivity contribution in [2.75, 3.05) is 5.73 Å². The highest BCUT2D eigenvalue weighted by molar-refractivity contribution is 5.88. The number of nitrogen functional groups attached to an aromatic ring is 1. The summed E-state index contributed by atoms with van der Waals surface area (Å²) in [4.78, 5) is 10.9. The summed E-state index contributed by atoms with van der Waals surface area (Å²) in [6.07, 6.45) is 6.08. The molecule has 0 saturated carbocycles. The summed E-state index contributed by atoms with van der Waals surface area (Å²) < 4.78 is 5.96. The third kappa shape index (κ3) is 5.52. The molecule has 0 bridgehead atoms. The molecule has 1 atom stereocenters. The summed E-state index contributed by atoms with van der Waals surface area (Å²) >= 11 is 0. The molecule has 0 aliphatic rings. The highest BCUT2D eigenvalue weighted by atomic mass is 16.5. The van der Waals surface area contributed by atoms with Gasteiger partial charge in [-0.05, 0) is 55.2 Å². The molecule has 2 aromatic carbocycles. The predicted octanol–water partition coefficient (Wildman–Crippen LogP) is 5.37. The zero-order valence-electron chi connectivity index (χ0n) is 15.0. The highest BCUT2D eigenvalue weighted by Crippen LogP contribution is 2.30. The largest absolute Gasteiger partial charge is 0.489 e. The molecule has 25 heavy (non-hydrogen) atoms. The van der Waals surface area contributed by atoms with Gasteiger partial charge >= 0.3 is 5.97 Å². The number of aromatic carboxylic acids is 1. The highest BCUT2D eigenvalue weighted by Gasteiger charge is 2.09. The summed E-state index contributed by atoms with van der Waals surface area (Å²) in [6, 6.07) is 12.5. The molecule has 2 aromatic rings. The van der Waals surface area contributed by atoms with Crippen LogP contribution in [0.5, 0.6) is 5.75 Å². The second-order valence-electron chi connectivity index (χ2n) is 6.41. The molecule has 2 rings (SSSR count). The van der Waals surface area contributed by atoms with Gasteiger partial charge in [0.1, 0.15) is 5.75 Å². The van der Waals surface area contributed by atoms with Crippen molar-refractivity contribution >= 4 is 11.7 Å². The molecule has 0 saturated heterocycles. The first kappa shape index (κ1) is 18.8. The van der Waals surface area contributed by atoms with Gasteiger partial charge in [-0.15, -0.1) is 0 Å². The summed E-state index contributed by atoms with van der Waals surface area (Å²) in [5.41, 5.74) is 8.88. The van der Waals surface area contributed by atoms with Gasteiger partial charge in [-0.3, -0.25) is 0 Å². The van der Waals surface area contributed by atoms with E-state index in [9.17, 15) is 4.79 Å². The van der Waals surface area contributed by atoms with E-state index in [0.29, 0.717) is 11.4 Å². The zero-order chi connectivity index (χ0) is 18.2. The van der Waals surface area contributed by atoms with Gasteiger partial charge in [-0.25, -0.2) is 4.79 Å². The van der Waals surface area contributed by atoms with Crippen LogP contribution in [0.4, 0.5) is 5.69 Å². The summed E-state index contributed by atoms with van der Waals surface area (Å²) in [5.74, 6) is -0.225. The minimum atomic E-state index is -0.928. The molecule has 0 aliphatic heterocycles. The van der Waals surface area contributed by atoms with Crippen molar-refractivity contribution in [2.45, 2.75) is 52.1 Å². The second kappa shape index (κ2) is 9.11. The van der Waals surface area contributed by atoms with Crippen LogP contribution in [0.1, 0.15) is 56.3 Å². The van der Waals surface area contributed by atoms with Crippen LogP contribution in [0.15, 0.2) is 42.5 Å². The lowest BCUT2D eigenvalue weighted by Gasteiger charge is -2.17. The molecule has 0 aliphatic carbocycles. The number of carbonyl (C=O) groups is 1. The SMILES string of the molecule is CCCCCC[C@@H](C)Oc1ccc(-c2ccc(C(=O)O)cc2)cc1N. The number of hydrogen-bond acceptors (Lipinski definition) is 3. The van der Waals surface area contributed by atoms with E-state index in [2.05, 4.69) is 13.8 Å². The van der Waals surface area contributed by atoms with Crippen molar-refractivity contribution in [1.29, 1.82) is 0 Å². The van der Waals surface area contributed by atoms with Crippen LogP contribution in [-0.2, 0) is 0 Å². The fourth-order valence-electron chi connectivity index (χ4n) is 2.77. The predicted molar refractivity (Wildman–Crippen MR) is 102 cm³/mol. The Bertz CT molecular complexity index is 695. The molecule has 0 aromatic heterocycles. The van der Waals surface area contributed by atoms with E-state index in [4.69, 9.17) is 15.6 Å². The lowest BCUT2D eigenvalue weighted by molar-refractivity contribution is 0.0697. The minimum Gasteiger partial charge on any atom is -0.489 e. The van der Waals surface area contributed by atoms with Gasteiger partial charge in [0.15, 0.2) is 0 Å². The van der Waals surface area contributed by atoms with Gasteiger partial charge in [0.2, 0.25) is 0 Å². The topological polar surface area (TPSA) is 72.5 Å². The van der Waals surface area contributed by atoms with Gasteiger partial charge < -0.3 is 15.6 Å². The Hall–Kier alpha value is -2.49. The monoisotopic (exact) mass is 341 g/mol. The number of carboxylic acids is 1. The van der Waals surface area contributed by atoms with Gasteiger partial charge in [-0.1, -0.05) is 44.4 Å². The molecule has 4 heteroatoms. The molecule has 0 spiro atoms. The number of carboxylic acid groups (broad SMARTS) is 1. The number of anilines is 1. The molecule has 0 unspecified atom stereocenters. The lowest BCUT2D eigenvalue weighted by Crippen LogP contribution is -2.12. The van der Waals surface area contributed by atoms with Gasteiger partial charge in [0, 0.05) is 0 Å². The minimum absolute atomic E-state index is 0.139. The molecule has 0 heterocycles. The van der Waals surface area contributed by atoms with Crippen LogP contribution in [-0.4, -0.2) is 17.2 Å². The Kier molecular flexibility index (Phi) is 6.87. The quantitative estimate of drug-likeness (QED) is 0.475. The first-order chi connectivity index (χ1) is 12.0. The zero-order valence-corrected chi connectivity index (χ0v) is 15.0. The number of rotatable bonds is 9. The van der Waals surface area contributed by atoms with Gasteiger partial charge in [0.25, 0.3) is 0 Å².